The van der Waals surface area contributed by atoms with Gasteiger partial charge in [0, 0.05) is 45.0 Å². The van der Waals surface area contributed by atoms with Crippen LogP contribution >= 0.6 is 11.6 Å². The normalized spacial score (nSPS) is 18.6. The molecule has 2 aliphatic rings. The lowest BCUT2D eigenvalue weighted by atomic mass is 10.1. The highest BCUT2D eigenvalue weighted by Gasteiger charge is 2.33. The van der Waals surface area contributed by atoms with Crippen molar-refractivity contribution in [1.29, 1.82) is 0 Å². The summed E-state index contributed by atoms with van der Waals surface area (Å²) in [7, 11) is 0. The Kier molecular flexibility index (Phi) is 6.05. The summed E-state index contributed by atoms with van der Waals surface area (Å²) < 4.78 is 1.31. The number of rotatable bonds is 4. The lowest BCUT2D eigenvalue weighted by molar-refractivity contribution is -0.135. The second-order valence-electron chi connectivity index (χ2n) is 8.48. The largest absolute Gasteiger partial charge is 0.371 e. The van der Waals surface area contributed by atoms with Crippen molar-refractivity contribution in [3.8, 4) is 5.69 Å². The Balaban J connectivity index is 1.22. The molecule has 33 heavy (non-hydrogen) atoms. The van der Waals surface area contributed by atoms with Gasteiger partial charge in [-0.15, -0.1) is 0 Å². The molecule has 0 aliphatic carbocycles. The van der Waals surface area contributed by atoms with E-state index in [2.05, 4.69) is 22.1 Å². The number of halogens is 1. The van der Waals surface area contributed by atoms with E-state index in [1.54, 1.807) is 6.20 Å². The first-order valence-corrected chi connectivity index (χ1v) is 11.7. The summed E-state index contributed by atoms with van der Waals surface area (Å²) >= 11 is 6.46. The number of anilines is 2. The number of benzene rings is 2. The Hall–Kier alpha value is -3.32. The van der Waals surface area contributed by atoms with E-state index in [1.165, 1.54) is 10.4 Å². The first-order valence-electron chi connectivity index (χ1n) is 11.3. The molecular weight excluding hydrogens is 438 g/mol. The molecule has 1 atom stereocenters. The maximum Gasteiger partial charge on any atom is 0.292 e. The fourth-order valence-corrected chi connectivity index (χ4v) is 4.91. The van der Waals surface area contributed by atoms with E-state index in [0.29, 0.717) is 37.6 Å². The quantitative estimate of drug-likeness (QED) is 0.595. The van der Waals surface area contributed by atoms with Crippen LogP contribution in [0.15, 0.2) is 71.7 Å². The molecule has 3 heterocycles. The van der Waals surface area contributed by atoms with Crippen LogP contribution in [0.25, 0.3) is 5.69 Å². The van der Waals surface area contributed by atoms with E-state index < -0.39 is 0 Å². The molecule has 1 amide bonds. The highest BCUT2D eigenvalue weighted by atomic mass is 35.5. The minimum atomic E-state index is -0.342. The van der Waals surface area contributed by atoms with E-state index in [9.17, 15) is 9.59 Å². The summed E-state index contributed by atoms with van der Waals surface area (Å²) in [6.07, 6.45) is 2.52. The van der Waals surface area contributed by atoms with Crippen LogP contribution in [0.4, 0.5) is 11.4 Å². The van der Waals surface area contributed by atoms with Crippen LogP contribution in [0, 0.1) is 5.92 Å². The average molecular weight is 464 g/mol. The van der Waals surface area contributed by atoms with Gasteiger partial charge in [-0.1, -0.05) is 48.0 Å². The fraction of sp³-hybridized carbons (Fsp3) is 0.320. The van der Waals surface area contributed by atoms with Gasteiger partial charge < -0.3 is 14.7 Å². The number of amides is 1. The van der Waals surface area contributed by atoms with E-state index in [-0.39, 0.29) is 22.4 Å². The van der Waals surface area contributed by atoms with Crippen molar-refractivity contribution in [1.82, 2.24) is 14.7 Å². The third-order valence-electron chi connectivity index (χ3n) is 6.49. The van der Waals surface area contributed by atoms with Crippen molar-refractivity contribution in [3.05, 3.63) is 82.2 Å². The van der Waals surface area contributed by atoms with Crippen LogP contribution in [0.5, 0.6) is 0 Å². The molecule has 5 rings (SSSR count). The van der Waals surface area contributed by atoms with Gasteiger partial charge in [0.15, 0.2) is 0 Å². The zero-order valence-electron chi connectivity index (χ0n) is 18.3. The summed E-state index contributed by atoms with van der Waals surface area (Å²) in [4.78, 5) is 32.2. The number of carbonyl (C=O) groups excluding carboxylic acids is 1. The molecule has 2 aromatic carbocycles. The Morgan fingerprint density at radius 3 is 2.15 bits per heavy atom. The van der Waals surface area contributed by atoms with Crippen LogP contribution < -0.4 is 15.4 Å². The molecule has 0 radical (unpaired) electrons. The SMILES string of the molecule is O=C(C1CCN(c2ccccc2)C1)N1CCN(c2cnn(-c3ccccc3)c(=O)c2Cl)CC1. The first kappa shape index (κ1) is 21.5. The Morgan fingerprint density at radius 2 is 1.48 bits per heavy atom. The summed E-state index contributed by atoms with van der Waals surface area (Å²) in [5, 5.41) is 4.49. The molecule has 2 fully saturated rings. The van der Waals surface area contributed by atoms with E-state index >= 15 is 0 Å². The lowest BCUT2D eigenvalue weighted by Gasteiger charge is -2.37. The zero-order valence-corrected chi connectivity index (χ0v) is 19.1. The van der Waals surface area contributed by atoms with Crippen molar-refractivity contribution >= 4 is 28.9 Å². The van der Waals surface area contributed by atoms with Crippen molar-refractivity contribution in [2.24, 2.45) is 5.92 Å². The zero-order chi connectivity index (χ0) is 22.8. The Labute approximate surface area is 197 Å². The van der Waals surface area contributed by atoms with Crippen molar-refractivity contribution in [2.45, 2.75) is 6.42 Å². The molecule has 1 unspecified atom stereocenters. The van der Waals surface area contributed by atoms with Crippen LogP contribution in [0.2, 0.25) is 5.02 Å². The second-order valence-corrected chi connectivity index (χ2v) is 8.85. The highest BCUT2D eigenvalue weighted by Crippen LogP contribution is 2.27. The Morgan fingerprint density at radius 1 is 0.848 bits per heavy atom. The number of nitrogens with zero attached hydrogens (tertiary/aromatic N) is 5. The molecule has 0 saturated carbocycles. The van der Waals surface area contributed by atoms with Crippen molar-refractivity contribution in [2.75, 3.05) is 49.1 Å². The number of hydrogen-bond donors (Lipinski definition) is 0. The molecule has 170 valence electrons. The van der Waals surface area contributed by atoms with Gasteiger partial charge in [-0.05, 0) is 30.7 Å². The minimum absolute atomic E-state index is 0.0248. The van der Waals surface area contributed by atoms with Crippen molar-refractivity contribution in [3.63, 3.8) is 0 Å². The van der Waals surface area contributed by atoms with Gasteiger partial charge in [-0.3, -0.25) is 9.59 Å². The summed E-state index contributed by atoms with van der Waals surface area (Å²) in [6, 6.07) is 19.5. The molecule has 0 bridgehead atoms. The van der Waals surface area contributed by atoms with Crippen LogP contribution in [-0.2, 0) is 4.79 Å². The number of aromatic nitrogens is 2. The predicted molar refractivity (Wildman–Crippen MR) is 130 cm³/mol. The molecule has 8 heteroatoms. The second kappa shape index (κ2) is 9.27. The number of carbonyl (C=O) groups is 1. The monoisotopic (exact) mass is 463 g/mol. The molecular formula is C25H26ClN5O2. The number of para-hydroxylation sites is 2. The van der Waals surface area contributed by atoms with Crippen LogP contribution in [0.3, 0.4) is 0 Å². The van der Waals surface area contributed by atoms with E-state index in [1.807, 2.05) is 58.3 Å². The topological polar surface area (TPSA) is 61.7 Å². The molecule has 7 nitrogen and oxygen atoms in total. The lowest BCUT2D eigenvalue weighted by Crippen LogP contribution is -2.51. The smallest absolute Gasteiger partial charge is 0.292 e. The molecule has 2 aliphatic heterocycles. The molecule has 0 N–H and O–H groups in total. The highest BCUT2D eigenvalue weighted by molar-refractivity contribution is 6.33. The predicted octanol–water partition coefficient (Wildman–Crippen LogP) is 3.06. The van der Waals surface area contributed by atoms with Gasteiger partial charge in [-0.2, -0.15) is 9.78 Å². The van der Waals surface area contributed by atoms with Gasteiger partial charge in [0.1, 0.15) is 5.02 Å². The van der Waals surface area contributed by atoms with Crippen LogP contribution in [-0.4, -0.2) is 59.9 Å². The number of hydrogen-bond acceptors (Lipinski definition) is 5. The van der Waals surface area contributed by atoms with Gasteiger partial charge in [0.05, 0.1) is 23.5 Å². The third-order valence-corrected chi connectivity index (χ3v) is 6.85. The number of piperazine rings is 1. The Bertz CT molecular complexity index is 1180. The standard InChI is InChI=1S/C25H26ClN5O2/c26-23-22(17-27-31(25(23)33)21-9-5-2-6-10-21)28-13-15-29(16-14-28)24(32)19-11-12-30(18-19)20-7-3-1-4-8-20/h1-10,17,19H,11-16,18H2. The first-order chi connectivity index (χ1) is 16.1. The summed E-state index contributed by atoms with van der Waals surface area (Å²) in [6.45, 7) is 4.13. The van der Waals surface area contributed by atoms with Crippen LogP contribution in [0.1, 0.15) is 6.42 Å². The minimum Gasteiger partial charge on any atom is -0.371 e. The maximum absolute atomic E-state index is 13.1. The molecule has 3 aromatic rings. The van der Waals surface area contributed by atoms with E-state index in [0.717, 1.165) is 19.5 Å². The van der Waals surface area contributed by atoms with Gasteiger partial charge >= 0.3 is 0 Å². The summed E-state index contributed by atoms with van der Waals surface area (Å²) in [5.41, 5.74) is 2.13. The van der Waals surface area contributed by atoms with Crippen molar-refractivity contribution < 1.29 is 4.79 Å². The maximum atomic E-state index is 13.1. The molecule has 1 aromatic heterocycles. The molecule has 2 saturated heterocycles. The summed E-state index contributed by atoms with van der Waals surface area (Å²) in [5.74, 6) is 0.244. The third kappa shape index (κ3) is 4.33. The fourth-order valence-electron chi connectivity index (χ4n) is 4.66. The van der Waals surface area contributed by atoms with Gasteiger partial charge in [0.2, 0.25) is 5.91 Å². The molecule has 0 spiro atoms. The van der Waals surface area contributed by atoms with E-state index in [4.69, 9.17) is 11.6 Å². The van der Waals surface area contributed by atoms with Gasteiger partial charge in [0.25, 0.3) is 5.56 Å². The average Bonchev–Trinajstić information content (AvgIpc) is 3.37. The van der Waals surface area contributed by atoms with Gasteiger partial charge in [-0.25, -0.2) is 0 Å².